The second-order valence-electron chi connectivity index (χ2n) is 6.20. The Morgan fingerprint density at radius 3 is 2.78 bits per heavy atom. The Hall–Kier alpha value is -2.99. The highest BCUT2D eigenvalue weighted by molar-refractivity contribution is 6.30. The van der Waals surface area contributed by atoms with E-state index in [0.717, 1.165) is 17.8 Å². The van der Waals surface area contributed by atoms with E-state index < -0.39 is 0 Å². The number of fused-ring (bicyclic) bond motifs is 1. The van der Waals surface area contributed by atoms with E-state index in [0.29, 0.717) is 41.0 Å². The summed E-state index contributed by atoms with van der Waals surface area (Å²) in [6.45, 7) is 3.06. The third kappa shape index (κ3) is 3.61. The lowest BCUT2D eigenvalue weighted by molar-refractivity contribution is 0.102. The lowest BCUT2D eigenvalue weighted by atomic mass is 10.2. The highest BCUT2D eigenvalue weighted by atomic mass is 35.5. The summed E-state index contributed by atoms with van der Waals surface area (Å²) in [5, 5.41) is 7.83. The Bertz CT molecular complexity index is 1000. The molecule has 1 aliphatic heterocycles. The molecule has 0 aliphatic carbocycles. The van der Waals surface area contributed by atoms with Crippen LogP contribution in [-0.4, -0.2) is 28.9 Å². The van der Waals surface area contributed by atoms with Crippen molar-refractivity contribution in [1.82, 2.24) is 9.78 Å². The summed E-state index contributed by atoms with van der Waals surface area (Å²) in [4.78, 5) is 12.7. The smallest absolute Gasteiger partial charge is 0.259 e. The van der Waals surface area contributed by atoms with Crippen LogP contribution in [0.2, 0.25) is 5.02 Å². The fourth-order valence-corrected chi connectivity index (χ4v) is 3.12. The maximum Gasteiger partial charge on any atom is 0.259 e. The summed E-state index contributed by atoms with van der Waals surface area (Å²) in [7, 11) is 0. The average Bonchev–Trinajstić information content (AvgIpc) is 2.89. The Labute approximate surface area is 161 Å². The van der Waals surface area contributed by atoms with Crippen molar-refractivity contribution in [3.05, 3.63) is 64.9 Å². The molecule has 6 nitrogen and oxygen atoms in total. The van der Waals surface area contributed by atoms with Crippen LogP contribution in [0.3, 0.4) is 0 Å². The molecule has 0 unspecified atom stereocenters. The number of hydrogen-bond donors (Lipinski definition) is 1. The van der Waals surface area contributed by atoms with Crippen molar-refractivity contribution in [1.29, 1.82) is 0 Å². The maximum atomic E-state index is 12.7. The van der Waals surface area contributed by atoms with E-state index in [1.54, 1.807) is 41.2 Å². The van der Waals surface area contributed by atoms with Crippen LogP contribution in [0.15, 0.2) is 48.7 Å². The molecular formula is C20H18ClN3O3. The quantitative estimate of drug-likeness (QED) is 0.734. The number of rotatable bonds is 3. The zero-order valence-corrected chi connectivity index (χ0v) is 15.5. The number of halogens is 1. The number of ether oxygens (including phenoxy) is 2. The Morgan fingerprint density at radius 2 is 1.96 bits per heavy atom. The van der Waals surface area contributed by atoms with Crippen LogP contribution in [0.1, 0.15) is 22.5 Å². The van der Waals surface area contributed by atoms with Gasteiger partial charge in [0.2, 0.25) is 0 Å². The average molecular weight is 384 g/mol. The van der Waals surface area contributed by atoms with Crippen molar-refractivity contribution in [2.24, 2.45) is 0 Å². The van der Waals surface area contributed by atoms with Gasteiger partial charge in [0.05, 0.1) is 36.4 Å². The predicted molar refractivity (Wildman–Crippen MR) is 103 cm³/mol. The van der Waals surface area contributed by atoms with Gasteiger partial charge in [0.25, 0.3) is 5.91 Å². The van der Waals surface area contributed by atoms with E-state index in [9.17, 15) is 4.79 Å². The van der Waals surface area contributed by atoms with E-state index >= 15 is 0 Å². The summed E-state index contributed by atoms with van der Waals surface area (Å²) in [5.74, 6) is 1.09. The second kappa shape index (κ2) is 7.32. The van der Waals surface area contributed by atoms with Gasteiger partial charge in [0.1, 0.15) is 0 Å². The van der Waals surface area contributed by atoms with Crippen LogP contribution < -0.4 is 14.8 Å². The molecule has 1 aliphatic rings. The van der Waals surface area contributed by atoms with Crippen molar-refractivity contribution in [2.45, 2.75) is 13.3 Å². The molecule has 4 rings (SSSR count). The van der Waals surface area contributed by atoms with Crippen molar-refractivity contribution in [2.75, 3.05) is 18.5 Å². The molecule has 1 N–H and O–H groups in total. The van der Waals surface area contributed by atoms with Gasteiger partial charge >= 0.3 is 0 Å². The van der Waals surface area contributed by atoms with Crippen LogP contribution in [0.4, 0.5) is 5.69 Å². The third-order valence-corrected chi connectivity index (χ3v) is 4.55. The lowest BCUT2D eigenvalue weighted by Gasteiger charge is -2.10. The van der Waals surface area contributed by atoms with E-state index in [-0.39, 0.29) is 5.91 Å². The normalized spacial score (nSPS) is 13.1. The summed E-state index contributed by atoms with van der Waals surface area (Å²) in [5.41, 5.74) is 2.65. The van der Waals surface area contributed by atoms with Gasteiger partial charge in [-0.2, -0.15) is 5.10 Å². The van der Waals surface area contributed by atoms with Gasteiger partial charge in [0, 0.05) is 23.2 Å². The molecule has 27 heavy (non-hydrogen) atoms. The zero-order valence-electron chi connectivity index (χ0n) is 14.7. The molecule has 7 heteroatoms. The topological polar surface area (TPSA) is 65.4 Å². The van der Waals surface area contributed by atoms with Crippen LogP contribution >= 0.6 is 11.6 Å². The first-order chi connectivity index (χ1) is 13.1. The lowest BCUT2D eigenvalue weighted by Crippen LogP contribution is -2.13. The molecule has 0 fully saturated rings. The van der Waals surface area contributed by atoms with Crippen molar-refractivity contribution < 1.29 is 14.3 Å². The molecule has 0 atom stereocenters. The minimum absolute atomic E-state index is 0.240. The minimum Gasteiger partial charge on any atom is -0.490 e. The van der Waals surface area contributed by atoms with E-state index in [1.807, 2.05) is 19.1 Å². The van der Waals surface area contributed by atoms with Crippen molar-refractivity contribution in [3.8, 4) is 17.2 Å². The van der Waals surface area contributed by atoms with E-state index in [2.05, 4.69) is 10.4 Å². The number of carbonyl (C=O) groups is 1. The van der Waals surface area contributed by atoms with Gasteiger partial charge in [-0.25, -0.2) is 4.68 Å². The Morgan fingerprint density at radius 1 is 1.15 bits per heavy atom. The largest absolute Gasteiger partial charge is 0.490 e. The standard InChI is InChI=1S/C20H18ClN3O3/c1-13-17(12-22-24(13)16-5-2-4-14(21)10-16)20(25)23-15-6-7-18-19(11-15)27-9-3-8-26-18/h2,4-7,10-12H,3,8-9H2,1H3,(H,23,25). The molecule has 0 saturated heterocycles. The third-order valence-electron chi connectivity index (χ3n) is 4.31. The van der Waals surface area contributed by atoms with Crippen LogP contribution in [0.5, 0.6) is 11.5 Å². The predicted octanol–water partition coefficient (Wildman–Crippen LogP) is 4.25. The van der Waals surface area contributed by atoms with Gasteiger partial charge in [-0.1, -0.05) is 17.7 Å². The van der Waals surface area contributed by atoms with Gasteiger partial charge in [-0.05, 0) is 37.3 Å². The first-order valence-corrected chi connectivity index (χ1v) is 9.01. The van der Waals surface area contributed by atoms with E-state index in [1.165, 1.54) is 0 Å². The monoisotopic (exact) mass is 383 g/mol. The summed E-state index contributed by atoms with van der Waals surface area (Å²) in [6, 6.07) is 12.7. The zero-order chi connectivity index (χ0) is 18.8. The highest BCUT2D eigenvalue weighted by Crippen LogP contribution is 2.32. The van der Waals surface area contributed by atoms with Crippen LogP contribution in [-0.2, 0) is 0 Å². The van der Waals surface area contributed by atoms with E-state index in [4.69, 9.17) is 21.1 Å². The number of nitrogens with zero attached hydrogens (tertiary/aromatic N) is 2. The maximum absolute atomic E-state index is 12.7. The number of anilines is 1. The molecule has 2 heterocycles. The van der Waals surface area contributed by atoms with Crippen LogP contribution in [0, 0.1) is 6.92 Å². The fraction of sp³-hybridized carbons (Fsp3) is 0.200. The summed E-state index contributed by atoms with van der Waals surface area (Å²) in [6.07, 6.45) is 2.38. The SMILES string of the molecule is Cc1c(C(=O)Nc2ccc3c(c2)OCCCO3)cnn1-c1cccc(Cl)c1. The first kappa shape index (κ1) is 17.4. The second-order valence-corrected chi connectivity index (χ2v) is 6.64. The Balaban J connectivity index is 1.56. The Kier molecular flexibility index (Phi) is 4.73. The molecular weight excluding hydrogens is 366 g/mol. The molecule has 138 valence electrons. The molecule has 1 amide bonds. The summed E-state index contributed by atoms with van der Waals surface area (Å²) >= 11 is 6.05. The van der Waals surface area contributed by atoms with Crippen molar-refractivity contribution in [3.63, 3.8) is 0 Å². The van der Waals surface area contributed by atoms with Crippen LogP contribution in [0.25, 0.3) is 5.69 Å². The van der Waals surface area contributed by atoms with Gasteiger partial charge < -0.3 is 14.8 Å². The molecule has 1 aromatic heterocycles. The number of carbonyl (C=O) groups excluding carboxylic acids is 1. The summed E-state index contributed by atoms with van der Waals surface area (Å²) < 4.78 is 13.0. The van der Waals surface area contributed by atoms with Gasteiger partial charge in [-0.3, -0.25) is 4.79 Å². The number of aromatic nitrogens is 2. The number of nitrogens with one attached hydrogen (secondary N) is 1. The number of benzene rings is 2. The van der Waals surface area contributed by atoms with Gasteiger partial charge in [-0.15, -0.1) is 0 Å². The molecule has 0 saturated carbocycles. The highest BCUT2D eigenvalue weighted by Gasteiger charge is 2.17. The molecule has 0 radical (unpaired) electrons. The number of amides is 1. The molecule has 0 spiro atoms. The fourth-order valence-electron chi connectivity index (χ4n) is 2.94. The molecule has 2 aromatic carbocycles. The molecule has 3 aromatic rings. The number of hydrogen-bond acceptors (Lipinski definition) is 4. The minimum atomic E-state index is -0.240. The van der Waals surface area contributed by atoms with Crippen molar-refractivity contribution >= 4 is 23.2 Å². The van der Waals surface area contributed by atoms with Gasteiger partial charge in [0.15, 0.2) is 11.5 Å². The molecule has 0 bridgehead atoms. The first-order valence-electron chi connectivity index (χ1n) is 8.63.